The van der Waals surface area contributed by atoms with E-state index in [1.54, 1.807) is 27.9 Å². The van der Waals surface area contributed by atoms with Gasteiger partial charge in [0, 0.05) is 51.8 Å². The van der Waals surface area contributed by atoms with Crippen molar-refractivity contribution in [2.45, 2.75) is 25.3 Å². The average Bonchev–Trinajstić information content (AvgIpc) is 3.59. The molecule has 208 valence electrons. The van der Waals surface area contributed by atoms with E-state index in [4.69, 9.17) is 14.5 Å². The molecular formula is C27H33N5O5S2. The first-order valence-electron chi connectivity index (χ1n) is 12.5. The molecule has 4 rings (SSSR count). The van der Waals surface area contributed by atoms with E-state index in [0.29, 0.717) is 23.8 Å². The normalized spacial score (nSPS) is 11.9. The highest BCUT2D eigenvalue weighted by Gasteiger charge is 2.26. The van der Waals surface area contributed by atoms with Gasteiger partial charge in [0.2, 0.25) is 10.0 Å². The van der Waals surface area contributed by atoms with Crippen LogP contribution in [0.2, 0.25) is 0 Å². The van der Waals surface area contributed by atoms with Gasteiger partial charge in [-0.3, -0.25) is 14.4 Å². The van der Waals surface area contributed by atoms with Crippen LogP contribution >= 0.6 is 11.3 Å². The summed E-state index contributed by atoms with van der Waals surface area (Å²) in [5.74, 6) is -0.268. The number of aromatic nitrogens is 3. The molecule has 1 amide bonds. The number of benzene rings is 2. The van der Waals surface area contributed by atoms with Gasteiger partial charge in [-0.2, -0.15) is 9.40 Å². The predicted molar refractivity (Wildman–Crippen MR) is 152 cm³/mol. The summed E-state index contributed by atoms with van der Waals surface area (Å²) in [4.78, 5) is 20.3. The molecule has 0 N–H and O–H groups in total. The number of hydrogen-bond donors (Lipinski definition) is 0. The zero-order valence-corrected chi connectivity index (χ0v) is 24.2. The van der Waals surface area contributed by atoms with Crippen molar-refractivity contribution in [1.82, 2.24) is 19.1 Å². The van der Waals surface area contributed by atoms with Crippen LogP contribution in [0.3, 0.4) is 0 Å². The molecule has 0 aliphatic heterocycles. The molecule has 0 spiro atoms. The second-order valence-electron chi connectivity index (χ2n) is 9.06. The zero-order valence-electron chi connectivity index (χ0n) is 22.5. The Labute approximate surface area is 232 Å². The van der Waals surface area contributed by atoms with Crippen molar-refractivity contribution < 1.29 is 22.7 Å². The number of fused-ring (bicyclic) bond motifs is 1. The van der Waals surface area contributed by atoms with Crippen LogP contribution in [-0.4, -0.2) is 80.5 Å². The Hall–Kier alpha value is -3.16. The minimum Gasteiger partial charge on any atom is -0.383 e. The summed E-state index contributed by atoms with van der Waals surface area (Å²) in [7, 11) is -0.757. The highest BCUT2D eigenvalue weighted by molar-refractivity contribution is 7.89. The Morgan fingerprint density at radius 2 is 1.72 bits per heavy atom. The van der Waals surface area contributed by atoms with Crippen molar-refractivity contribution in [3.05, 3.63) is 71.5 Å². The summed E-state index contributed by atoms with van der Waals surface area (Å²) in [6, 6.07) is 12.0. The molecule has 2 aromatic carbocycles. The maximum absolute atomic E-state index is 13.8. The molecule has 2 heterocycles. The first-order chi connectivity index (χ1) is 18.7. The van der Waals surface area contributed by atoms with Crippen LogP contribution in [0.15, 0.2) is 59.8 Å². The molecule has 0 bridgehead atoms. The van der Waals surface area contributed by atoms with Gasteiger partial charge in [0.25, 0.3) is 5.91 Å². The third kappa shape index (κ3) is 6.71. The number of aryl methyl sites for hydroxylation is 2. The number of rotatable bonds is 13. The fraction of sp³-hybridized carbons (Fsp3) is 0.370. The fourth-order valence-electron chi connectivity index (χ4n) is 4.21. The smallest absolute Gasteiger partial charge is 0.260 e. The van der Waals surface area contributed by atoms with Gasteiger partial charge in [0.1, 0.15) is 0 Å². The van der Waals surface area contributed by atoms with Crippen LogP contribution in [0.1, 0.15) is 21.5 Å². The third-order valence-electron chi connectivity index (χ3n) is 6.24. The second kappa shape index (κ2) is 12.8. The molecule has 12 heteroatoms. The maximum Gasteiger partial charge on any atom is 0.260 e. The summed E-state index contributed by atoms with van der Waals surface area (Å²) < 4.78 is 40.8. The van der Waals surface area contributed by atoms with Crippen LogP contribution < -0.4 is 4.90 Å². The quantitative estimate of drug-likeness (QED) is 0.241. The summed E-state index contributed by atoms with van der Waals surface area (Å²) in [6.07, 6.45) is 3.53. The summed E-state index contributed by atoms with van der Waals surface area (Å²) in [6.45, 7) is 5.77. The van der Waals surface area contributed by atoms with Gasteiger partial charge >= 0.3 is 0 Å². The highest BCUT2D eigenvalue weighted by atomic mass is 32.2. The Bertz CT molecular complexity index is 1490. The molecule has 0 unspecified atom stereocenters. The number of carbonyl (C=O) groups excluding carboxylic acids is 1. The Morgan fingerprint density at radius 1 is 1.03 bits per heavy atom. The van der Waals surface area contributed by atoms with Gasteiger partial charge < -0.3 is 9.47 Å². The van der Waals surface area contributed by atoms with E-state index in [-0.39, 0.29) is 37.1 Å². The molecular weight excluding hydrogens is 538 g/mol. The minimum absolute atomic E-state index is 0.0976. The molecule has 10 nitrogen and oxygen atoms in total. The van der Waals surface area contributed by atoms with E-state index in [0.717, 1.165) is 21.3 Å². The lowest BCUT2D eigenvalue weighted by atomic mass is 10.1. The summed E-state index contributed by atoms with van der Waals surface area (Å²) >= 11 is 1.46. The van der Waals surface area contributed by atoms with Gasteiger partial charge in [-0.05, 0) is 61.4 Å². The topological polar surface area (TPSA) is 107 Å². The highest BCUT2D eigenvalue weighted by Crippen LogP contribution is 2.32. The maximum atomic E-state index is 13.8. The zero-order chi connectivity index (χ0) is 28.0. The van der Waals surface area contributed by atoms with Crippen molar-refractivity contribution in [2.75, 3.05) is 52.0 Å². The second-order valence-corrected chi connectivity index (χ2v) is 12.0. The van der Waals surface area contributed by atoms with Gasteiger partial charge in [-0.25, -0.2) is 13.4 Å². The van der Waals surface area contributed by atoms with Crippen LogP contribution in [0.25, 0.3) is 10.2 Å². The summed E-state index contributed by atoms with van der Waals surface area (Å²) in [5, 5.41) is 4.83. The molecule has 0 aliphatic rings. The van der Waals surface area contributed by atoms with Crippen LogP contribution in [0.5, 0.6) is 0 Å². The lowest BCUT2D eigenvalue weighted by molar-refractivity contribution is 0.0985. The SMILES string of the molecule is COCCN(CCOC)S(=O)(=O)c1ccc(C(=O)N(CCn2cccn2)c2nc3c(C)cc(C)cc3s2)cc1. The van der Waals surface area contributed by atoms with Crippen LogP contribution in [0, 0.1) is 13.8 Å². The van der Waals surface area contributed by atoms with Crippen molar-refractivity contribution in [3.63, 3.8) is 0 Å². The Morgan fingerprint density at radius 3 is 2.33 bits per heavy atom. The molecule has 0 aliphatic carbocycles. The minimum atomic E-state index is -3.80. The van der Waals surface area contributed by atoms with Crippen molar-refractivity contribution >= 4 is 42.6 Å². The molecule has 39 heavy (non-hydrogen) atoms. The molecule has 2 aromatic heterocycles. The van der Waals surface area contributed by atoms with Crippen molar-refractivity contribution in [3.8, 4) is 0 Å². The van der Waals surface area contributed by atoms with Crippen LogP contribution in [0.4, 0.5) is 5.13 Å². The Balaban J connectivity index is 1.63. The number of anilines is 1. The van der Waals surface area contributed by atoms with Crippen LogP contribution in [-0.2, 0) is 26.0 Å². The molecule has 0 radical (unpaired) electrons. The fourth-order valence-corrected chi connectivity index (χ4v) is 6.78. The first-order valence-corrected chi connectivity index (χ1v) is 14.8. The number of carbonyl (C=O) groups is 1. The standard InChI is InChI=1S/C27H33N5O5S2/c1-20-18-21(2)25-24(19-20)38-27(29-25)32(13-12-30-11-5-10-28-30)26(33)22-6-8-23(9-7-22)39(34,35)31(14-16-36-3)15-17-37-4/h5-11,18-19H,12-17H2,1-4H3. The molecule has 0 atom stereocenters. The summed E-state index contributed by atoms with van der Waals surface area (Å²) in [5.41, 5.74) is 3.41. The van der Waals surface area contributed by atoms with Gasteiger partial charge in [0.15, 0.2) is 5.13 Å². The van der Waals surface area contributed by atoms with Gasteiger partial charge in [-0.1, -0.05) is 17.4 Å². The van der Waals surface area contributed by atoms with E-state index < -0.39 is 10.0 Å². The lowest BCUT2D eigenvalue weighted by Crippen LogP contribution is -2.36. The lowest BCUT2D eigenvalue weighted by Gasteiger charge is -2.22. The van der Waals surface area contributed by atoms with E-state index in [1.165, 1.54) is 42.0 Å². The third-order valence-corrected chi connectivity index (χ3v) is 9.17. The predicted octanol–water partition coefficient (Wildman–Crippen LogP) is 3.74. The van der Waals surface area contributed by atoms with E-state index >= 15 is 0 Å². The number of sulfonamides is 1. The average molecular weight is 572 g/mol. The number of amides is 1. The van der Waals surface area contributed by atoms with Gasteiger partial charge in [-0.15, -0.1) is 0 Å². The molecule has 0 saturated heterocycles. The first kappa shape index (κ1) is 28.8. The van der Waals surface area contributed by atoms with Crippen molar-refractivity contribution in [1.29, 1.82) is 0 Å². The Kier molecular flexibility index (Phi) is 9.46. The number of thiazole rings is 1. The van der Waals surface area contributed by atoms with Gasteiger partial charge in [0.05, 0.1) is 34.9 Å². The number of ether oxygens (including phenoxy) is 2. The molecule has 0 saturated carbocycles. The van der Waals surface area contributed by atoms with E-state index in [1.807, 2.05) is 26.1 Å². The monoisotopic (exact) mass is 571 g/mol. The molecule has 0 fully saturated rings. The number of hydrogen-bond acceptors (Lipinski definition) is 8. The van der Waals surface area contributed by atoms with E-state index in [9.17, 15) is 13.2 Å². The van der Waals surface area contributed by atoms with E-state index in [2.05, 4.69) is 17.2 Å². The van der Waals surface area contributed by atoms with Crippen molar-refractivity contribution in [2.24, 2.45) is 0 Å². The molecule has 4 aromatic rings. The number of nitrogens with zero attached hydrogens (tertiary/aromatic N) is 5. The number of methoxy groups -OCH3 is 2. The largest absolute Gasteiger partial charge is 0.383 e.